The van der Waals surface area contributed by atoms with Gasteiger partial charge in [0, 0.05) is 74.2 Å². The van der Waals surface area contributed by atoms with Gasteiger partial charge in [-0.25, -0.2) is 4.98 Å². The van der Waals surface area contributed by atoms with Crippen molar-refractivity contribution in [2.45, 2.75) is 182 Å². The number of hydrogen-bond donors (Lipinski definition) is 6. The van der Waals surface area contributed by atoms with Crippen LogP contribution >= 0.6 is 11.3 Å². The van der Waals surface area contributed by atoms with E-state index in [-0.39, 0.29) is 71.7 Å². The fourth-order valence-corrected chi connectivity index (χ4v) is 12.0. The van der Waals surface area contributed by atoms with Gasteiger partial charge in [0.05, 0.1) is 25.6 Å². The predicted molar refractivity (Wildman–Crippen MR) is 323 cm³/mol. The van der Waals surface area contributed by atoms with E-state index in [0.29, 0.717) is 60.5 Å². The molecule has 5 rings (SSSR count). The molecule has 20 nitrogen and oxygen atoms in total. The molecule has 3 heterocycles. The number of amides is 7. The summed E-state index contributed by atoms with van der Waals surface area (Å²) in [6.07, 6.45) is 8.63. The number of aromatic nitrogens is 1. The molecule has 84 heavy (non-hydrogen) atoms. The Labute approximate surface area is 500 Å². The Morgan fingerprint density at radius 3 is 2.10 bits per heavy atom. The molecule has 1 aromatic heterocycles. The Balaban J connectivity index is 1.18. The molecule has 0 radical (unpaired) electrons. The molecule has 2 aliphatic rings. The maximum atomic E-state index is 14.9. The number of piperidine rings is 1. The summed E-state index contributed by atoms with van der Waals surface area (Å²) < 4.78 is 6.28. The number of quaternary nitrogens is 1. The number of aliphatic carboxylic acids is 1. The second kappa shape index (κ2) is 32.4. The zero-order valence-electron chi connectivity index (χ0n) is 51.1. The highest BCUT2D eigenvalue weighted by atomic mass is 32.1. The molecule has 0 saturated carbocycles. The lowest BCUT2D eigenvalue weighted by atomic mass is 9.92. The molecule has 0 spiro atoms. The van der Waals surface area contributed by atoms with Crippen molar-refractivity contribution in [1.82, 2.24) is 36.1 Å². The molecular formula is C63H92N9O11S+. The average Bonchev–Trinajstić information content (AvgIpc) is 2.51. The van der Waals surface area contributed by atoms with Gasteiger partial charge in [-0.05, 0) is 87.4 Å². The molecule has 2 aliphatic heterocycles. The molecule has 0 aliphatic carbocycles. The first-order valence-electron chi connectivity index (χ1n) is 29.9. The number of carboxylic acids is 1. The minimum absolute atomic E-state index is 0.0386. The monoisotopic (exact) mass is 1180 g/mol. The largest absolute Gasteiger partial charge is 0.481 e. The fraction of sp³-hybridized carbons (Fsp3) is 0.587. The standard InChI is InChI=1S/C63H91N9O11S/c1-12-41(6)56(62(80)70(10)50(39(2)3)36-52(83-44(9)73)61-68-49(38-84-61)58(77)67-48(34-42(7)63(81)82)35-45-22-16-15-17-23-45)69-59(78)51-24-18-21-33-72(51,11)37-46-25-27-47(28-26-46)66-57(76)43(8)65-60(79)55(40(4)5)64-31-19-13-14-20-32-71-53(74)29-30-54(71)75/h15-17,22-23,25-30,38-43,48,50-52,55-56,64H,12-14,18-21,24,31-37H2,1-11H3,(H4-,65,66,67,69,76,77,78,79,81,82)/p+1/t41-,42-,43-,48+,50+,51+,52+,55-,56-,72?/m0/s1. The van der Waals surface area contributed by atoms with Crippen LogP contribution < -0.4 is 26.6 Å². The minimum Gasteiger partial charge on any atom is -0.481 e. The highest BCUT2D eigenvalue weighted by Crippen LogP contribution is 2.32. The van der Waals surface area contributed by atoms with Crippen LogP contribution in [0.2, 0.25) is 0 Å². The molecule has 2 aromatic carbocycles. The summed E-state index contributed by atoms with van der Waals surface area (Å²) in [5.74, 6) is -4.84. The number of unbranched alkanes of at least 4 members (excludes halogenated alkanes) is 3. The van der Waals surface area contributed by atoms with Gasteiger partial charge in [-0.15, -0.1) is 11.3 Å². The van der Waals surface area contributed by atoms with E-state index in [1.54, 1.807) is 31.2 Å². The molecular weight excluding hydrogens is 1090 g/mol. The normalized spacial score (nSPS) is 18.9. The highest BCUT2D eigenvalue weighted by molar-refractivity contribution is 7.09. The third-order valence-corrected chi connectivity index (χ3v) is 17.3. The number of ether oxygens (including phenoxy) is 1. The maximum absolute atomic E-state index is 14.9. The van der Waals surface area contributed by atoms with Crippen LogP contribution in [0.15, 0.2) is 72.1 Å². The number of rotatable bonds is 33. The summed E-state index contributed by atoms with van der Waals surface area (Å²) in [6.45, 7) is 18.5. The van der Waals surface area contributed by atoms with Crippen LogP contribution in [-0.4, -0.2) is 148 Å². The Kier molecular flexibility index (Phi) is 26.2. The number of esters is 1. The number of nitrogens with one attached hydrogen (secondary N) is 5. The van der Waals surface area contributed by atoms with Crippen LogP contribution in [0.5, 0.6) is 0 Å². The Bertz CT molecular complexity index is 2740. The first-order chi connectivity index (χ1) is 39.8. The first-order valence-corrected chi connectivity index (χ1v) is 30.8. The SMILES string of the molecule is CC[C@H](C)[C@H](NC(=O)[C@H]1CCCC[N+]1(C)Cc1ccc(NC(=O)[C@H](C)NC(=O)[C@@H](NCCCCCCN2C(=O)C=CC2=O)C(C)C)cc1)C(=O)N(C)[C@H](C[C@@H](OC(C)=O)c1nc(C(=O)N[C@@H](Cc2ccccc2)C[C@H](C)C(=O)O)cs1)C(C)C. The zero-order valence-corrected chi connectivity index (χ0v) is 51.9. The van der Waals surface area contributed by atoms with Gasteiger partial charge >= 0.3 is 11.9 Å². The fourth-order valence-electron chi connectivity index (χ4n) is 11.1. The quantitative estimate of drug-likeness (QED) is 0.0151. The average molecular weight is 1180 g/mol. The van der Waals surface area contributed by atoms with Gasteiger partial charge in [0.15, 0.2) is 12.1 Å². The van der Waals surface area contributed by atoms with Gasteiger partial charge in [-0.3, -0.25) is 48.1 Å². The first kappa shape index (κ1) is 67.9. The lowest BCUT2D eigenvalue weighted by Gasteiger charge is -2.44. The van der Waals surface area contributed by atoms with E-state index in [9.17, 15) is 48.3 Å². The van der Waals surface area contributed by atoms with E-state index in [1.165, 1.54) is 24.0 Å². The number of benzene rings is 2. The van der Waals surface area contributed by atoms with Crippen LogP contribution in [0.1, 0.15) is 159 Å². The van der Waals surface area contributed by atoms with E-state index >= 15 is 0 Å². The Hall–Kier alpha value is -6.84. The number of thiazole rings is 1. The third kappa shape index (κ3) is 19.9. The van der Waals surface area contributed by atoms with E-state index in [0.717, 1.165) is 61.1 Å². The smallest absolute Gasteiger partial charge is 0.306 e. The molecule has 7 amide bonds. The molecule has 1 saturated heterocycles. The summed E-state index contributed by atoms with van der Waals surface area (Å²) in [5, 5.41) is 26.9. The number of carbonyl (C=O) groups is 9. The van der Waals surface area contributed by atoms with Crippen LogP contribution in [0.4, 0.5) is 5.69 Å². The minimum atomic E-state index is -0.968. The van der Waals surface area contributed by atoms with Crippen molar-refractivity contribution in [3.8, 4) is 0 Å². The summed E-state index contributed by atoms with van der Waals surface area (Å²) >= 11 is 1.16. The Morgan fingerprint density at radius 2 is 1.48 bits per heavy atom. The molecule has 6 N–H and O–H groups in total. The number of nitrogens with zero attached hydrogens (tertiary/aromatic N) is 4. The van der Waals surface area contributed by atoms with Crippen molar-refractivity contribution in [3.05, 3.63) is 94.0 Å². The lowest BCUT2D eigenvalue weighted by Crippen LogP contribution is -2.63. The van der Waals surface area contributed by atoms with Crippen molar-refractivity contribution in [3.63, 3.8) is 0 Å². The number of anilines is 1. The van der Waals surface area contributed by atoms with Crippen LogP contribution in [0.3, 0.4) is 0 Å². The Morgan fingerprint density at radius 1 is 0.810 bits per heavy atom. The molecule has 1 fully saturated rings. The van der Waals surface area contributed by atoms with E-state index < -0.39 is 66.1 Å². The summed E-state index contributed by atoms with van der Waals surface area (Å²) in [5.41, 5.74) is 2.54. The van der Waals surface area contributed by atoms with Crippen molar-refractivity contribution >= 4 is 70.3 Å². The van der Waals surface area contributed by atoms with Crippen LogP contribution in [0, 0.1) is 23.7 Å². The van der Waals surface area contributed by atoms with Gasteiger partial charge < -0.3 is 45.8 Å². The van der Waals surface area contributed by atoms with Crippen LogP contribution in [0.25, 0.3) is 0 Å². The number of imide groups is 1. The summed E-state index contributed by atoms with van der Waals surface area (Å²) in [4.78, 5) is 126. The topological polar surface area (TPSA) is 263 Å². The van der Waals surface area contributed by atoms with Crippen molar-refractivity contribution in [1.29, 1.82) is 0 Å². The van der Waals surface area contributed by atoms with Gasteiger partial charge in [-0.1, -0.05) is 110 Å². The molecule has 21 heteroatoms. The van der Waals surface area contributed by atoms with E-state index in [2.05, 4.69) is 38.6 Å². The molecule has 3 aromatic rings. The lowest BCUT2D eigenvalue weighted by molar-refractivity contribution is -0.942. The third-order valence-electron chi connectivity index (χ3n) is 16.4. The number of carboxylic acid groups (broad SMARTS) is 1. The number of carbonyl (C=O) groups excluding carboxylic acids is 8. The summed E-state index contributed by atoms with van der Waals surface area (Å²) in [7, 11) is 3.77. The number of likely N-dealkylation sites (tertiary alicyclic amines) is 1. The van der Waals surface area contributed by atoms with Crippen LogP contribution in [-0.2, 0) is 56.1 Å². The van der Waals surface area contributed by atoms with Crippen molar-refractivity contribution < 1.29 is 57.5 Å². The number of likely N-dealkylation sites (N-methyl/N-ethyl adjacent to an activating group) is 2. The zero-order chi connectivity index (χ0) is 61.8. The predicted octanol–water partition coefficient (Wildman–Crippen LogP) is 7.35. The number of hydrogen-bond acceptors (Lipinski definition) is 13. The van der Waals surface area contributed by atoms with Gasteiger partial charge in [-0.2, -0.15) is 0 Å². The molecule has 0 bridgehead atoms. The molecule has 1 unspecified atom stereocenters. The molecule has 10 atom stereocenters. The molecule has 460 valence electrons. The van der Waals surface area contributed by atoms with Gasteiger partial charge in [0.2, 0.25) is 17.7 Å². The highest BCUT2D eigenvalue weighted by Gasteiger charge is 2.44. The van der Waals surface area contributed by atoms with Crippen molar-refractivity contribution in [2.24, 2.45) is 23.7 Å². The van der Waals surface area contributed by atoms with Crippen molar-refractivity contribution in [2.75, 3.05) is 39.0 Å². The van der Waals surface area contributed by atoms with Gasteiger partial charge in [0.1, 0.15) is 29.3 Å². The second-order valence-corrected chi connectivity index (χ2v) is 24.8. The van der Waals surface area contributed by atoms with Gasteiger partial charge in [0.25, 0.3) is 23.6 Å². The maximum Gasteiger partial charge on any atom is 0.306 e. The summed E-state index contributed by atoms with van der Waals surface area (Å²) in [6, 6.07) is 13.3. The second-order valence-electron chi connectivity index (χ2n) is 23.9. The van der Waals surface area contributed by atoms with E-state index in [4.69, 9.17) is 4.74 Å². The van der Waals surface area contributed by atoms with E-state index in [1.807, 2.05) is 96.1 Å².